The van der Waals surface area contributed by atoms with E-state index in [1.807, 2.05) is 18.2 Å². The average molecular weight is 310 g/mol. The summed E-state index contributed by atoms with van der Waals surface area (Å²) in [7, 11) is 0. The Morgan fingerprint density at radius 3 is 2.38 bits per heavy atom. The van der Waals surface area contributed by atoms with E-state index >= 15 is 0 Å². The maximum Gasteiger partial charge on any atom is 0.0639 e. The van der Waals surface area contributed by atoms with E-state index in [0.717, 1.165) is 69.5 Å². The Kier molecular flexibility index (Phi) is 4.69. The lowest BCUT2D eigenvalue weighted by molar-refractivity contribution is -0.0263. The van der Waals surface area contributed by atoms with Crippen LogP contribution in [0.4, 0.5) is 5.69 Å². The van der Waals surface area contributed by atoms with Crippen LogP contribution in [0.25, 0.3) is 0 Å². The van der Waals surface area contributed by atoms with Crippen molar-refractivity contribution in [1.29, 1.82) is 0 Å². The molecule has 2 fully saturated rings. The fourth-order valence-electron chi connectivity index (χ4n) is 3.53. The van der Waals surface area contributed by atoms with Crippen molar-refractivity contribution in [2.75, 3.05) is 50.8 Å². The average Bonchev–Trinajstić information content (AvgIpc) is 2.56. The molecule has 21 heavy (non-hydrogen) atoms. The summed E-state index contributed by atoms with van der Waals surface area (Å²) in [6, 6.07) is 8.09. The fourth-order valence-corrected chi connectivity index (χ4v) is 3.79. The topological polar surface area (TPSA) is 41.7 Å². The van der Waals surface area contributed by atoms with Crippen LogP contribution in [0, 0.1) is 0 Å². The quantitative estimate of drug-likeness (QED) is 0.927. The first kappa shape index (κ1) is 15.1. The molecule has 3 rings (SSSR count). The monoisotopic (exact) mass is 309 g/mol. The van der Waals surface area contributed by atoms with Crippen LogP contribution in [-0.2, 0) is 4.74 Å². The van der Waals surface area contributed by atoms with Gasteiger partial charge in [0.05, 0.1) is 10.7 Å². The number of hydrogen-bond donors (Lipinski definition) is 1. The van der Waals surface area contributed by atoms with Gasteiger partial charge in [0, 0.05) is 51.5 Å². The fraction of sp³-hybridized carbons (Fsp3) is 0.625. The maximum absolute atomic E-state index is 6.31. The third-order valence-corrected chi connectivity index (χ3v) is 5.27. The van der Waals surface area contributed by atoms with Crippen LogP contribution in [0.15, 0.2) is 24.3 Å². The molecule has 1 aromatic rings. The Morgan fingerprint density at radius 2 is 1.76 bits per heavy atom. The molecule has 1 aromatic carbocycles. The van der Waals surface area contributed by atoms with E-state index in [4.69, 9.17) is 22.1 Å². The zero-order valence-electron chi connectivity index (χ0n) is 12.4. The molecule has 4 nitrogen and oxygen atoms in total. The Labute approximate surface area is 131 Å². The second-order valence-corrected chi connectivity index (χ2v) is 6.37. The lowest BCUT2D eigenvalue weighted by atomic mass is 9.87. The second-order valence-electron chi connectivity index (χ2n) is 5.97. The third kappa shape index (κ3) is 3.04. The maximum atomic E-state index is 6.31. The number of halogens is 1. The van der Waals surface area contributed by atoms with Crippen molar-refractivity contribution in [3.63, 3.8) is 0 Å². The minimum Gasteiger partial charge on any atom is -0.381 e. The largest absolute Gasteiger partial charge is 0.381 e. The highest BCUT2D eigenvalue weighted by Gasteiger charge is 2.38. The number of hydrogen-bond acceptors (Lipinski definition) is 4. The van der Waals surface area contributed by atoms with Gasteiger partial charge in [-0.1, -0.05) is 23.7 Å². The molecule has 0 spiro atoms. The number of piperazine rings is 1. The number of ether oxygens (including phenoxy) is 1. The lowest BCUT2D eigenvalue weighted by Crippen LogP contribution is -2.62. The van der Waals surface area contributed by atoms with E-state index in [1.165, 1.54) is 0 Å². The molecule has 0 aromatic heterocycles. The number of rotatable bonds is 3. The van der Waals surface area contributed by atoms with Gasteiger partial charge in [0.1, 0.15) is 0 Å². The molecule has 5 heteroatoms. The normalized spacial score (nSPS) is 23.2. The Hall–Kier alpha value is -0.810. The Bertz CT molecular complexity index is 468. The van der Waals surface area contributed by atoms with Crippen LogP contribution in [-0.4, -0.2) is 56.4 Å². The lowest BCUT2D eigenvalue weighted by Gasteiger charge is -2.49. The van der Waals surface area contributed by atoms with E-state index in [-0.39, 0.29) is 5.54 Å². The zero-order valence-corrected chi connectivity index (χ0v) is 13.2. The highest BCUT2D eigenvalue weighted by molar-refractivity contribution is 6.33. The van der Waals surface area contributed by atoms with E-state index < -0.39 is 0 Å². The van der Waals surface area contributed by atoms with Crippen molar-refractivity contribution in [1.82, 2.24) is 4.90 Å². The van der Waals surface area contributed by atoms with Gasteiger partial charge >= 0.3 is 0 Å². The smallest absolute Gasteiger partial charge is 0.0639 e. The number of anilines is 1. The first-order valence-electron chi connectivity index (χ1n) is 7.77. The van der Waals surface area contributed by atoms with Crippen LogP contribution in [0.5, 0.6) is 0 Å². The predicted octanol–water partition coefficient (Wildman–Crippen LogP) is 1.97. The van der Waals surface area contributed by atoms with E-state index in [9.17, 15) is 0 Å². The molecule has 2 aliphatic heterocycles. The summed E-state index contributed by atoms with van der Waals surface area (Å²) in [6.45, 7) is 6.50. The van der Waals surface area contributed by atoms with Crippen LogP contribution in [0.1, 0.15) is 12.8 Å². The Morgan fingerprint density at radius 1 is 1.10 bits per heavy atom. The summed E-state index contributed by atoms with van der Waals surface area (Å²) < 4.78 is 5.51. The molecule has 0 unspecified atom stereocenters. The van der Waals surface area contributed by atoms with Gasteiger partial charge in [-0.25, -0.2) is 0 Å². The van der Waals surface area contributed by atoms with Crippen molar-refractivity contribution < 1.29 is 4.74 Å². The molecule has 0 atom stereocenters. The van der Waals surface area contributed by atoms with Crippen molar-refractivity contribution >= 4 is 17.3 Å². The highest BCUT2D eigenvalue weighted by Crippen LogP contribution is 2.31. The van der Waals surface area contributed by atoms with Crippen molar-refractivity contribution in [2.24, 2.45) is 5.73 Å². The van der Waals surface area contributed by atoms with Gasteiger partial charge in [-0.05, 0) is 25.0 Å². The second kappa shape index (κ2) is 6.53. The molecule has 0 aliphatic carbocycles. The summed E-state index contributed by atoms with van der Waals surface area (Å²) in [6.07, 6.45) is 2.10. The van der Waals surface area contributed by atoms with E-state index in [1.54, 1.807) is 0 Å². The van der Waals surface area contributed by atoms with Gasteiger partial charge in [-0.3, -0.25) is 4.90 Å². The first-order chi connectivity index (χ1) is 10.2. The third-order valence-electron chi connectivity index (χ3n) is 4.95. The summed E-state index contributed by atoms with van der Waals surface area (Å²) in [5.74, 6) is 0. The number of nitrogens with zero attached hydrogens (tertiary/aromatic N) is 2. The molecule has 2 aliphatic rings. The van der Waals surface area contributed by atoms with Gasteiger partial charge < -0.3 is 15.4 Å². The van der Waals surface area contributed by atoms with E-state index in [0.29, 0.717) is 0 Å². The summed E-state index contributed by atoms with van der Waals surface area (Å²) in [5.41, 5.74) is 7.40. The number of nitrogens with two attached hydrogens (primary N) is 1. The first-order valence-corrected chi connectivity index (χ1v) is 8.15. The van der Waals surface area contributed by atoms with Crippen molar-refractivity contribution in [2.45, 2.75) is 18.4 Å². The highest BCUT2D eigenvalue weighted by atomic mass is 35.5. The molecule has 2 N–H and O–H groups in total. The van der Waals surface area contributed by atoms with Crippen LogP contribution in [0.2, 0.25) is 5.02 Å². The summed E-state index contributed by atoms with van der Waals surface area (Å²) in [5, 5.41) is 0.838. The van der Waals surface area contributed by atoms with Crippen LogP contribution < -0.4 is 10.6 Å². The van der Waals surface area contributed by atoms with Gasteiger partial charge in [-0.15, -0.1) is 0 Å². The molecule has 116 valence electrons. The molecule has 2 heterocycles. The van der Waals surface area contributed by atoms with Gasteiger partial charge in [0.25, 0.3) is 0 Å². The number of para-hydroxylation sites is 1. The van der Waals surface area contributed by atoms with Crippen molar-refractivity contribution in [3.05, 3.63) is 29.3 Å². The predicted molar refractivity (Wildman–Crippen MR) is 87.1 cm³/mol. The summed E-state index contributed by atoms with van der Waals surface area (Å²) in [4.78, 5) is 4.95. The molecular formula is C16H24ClN3O. The SMILES string of the molecule is NCC1(N2CCN(c3ccccc3Cl)CC2)CCOCC1. The molecule has 0 bridgehead atoms. The minimum atomic E-state index is 0.144. The molecule has 0 saturated carbocycles. The van der Waals surface area contributed by atoms with E-state index in [2.05, 4.69) is 15.9 Å². The molecular weight excluding hydrogens is 286 g/mol. The zero-order chi connectivity index (χ0) is 14.7. The van der Waals surface area contributed by atoms with Gasteiger partial charge in [-0.2, -0.15) is 0 Å². The minimum absolute atomic E-state index is 0.144. The van der Waals surface area contributed by atoms with Gasteiger partial charge in [0.2, 0.25) is 0 Å². The molecule has 2 saturated heterocycles. The van der Waals surface area contributed by atoms with Crippen molar-refractivity contribution in [3.8, 4) is 0 Å². The Balaban J connectivity index is 1.66. The van der Waals surface area contributed by atoms with Crippen LogP contribution in [0.3, 0.4) is 0 Å². The standard InChI is InChI=1S/C16H24ClN3O/c17-14-3-1-2-4-15(14)19-7-9-20(10-8-19)16(13-18)5-11-21-12-6-16/h1-4H,5-13,18H2. The summed E-state index contributed by atoms with van der Waals surface area (Å²) >= 11 is 6.31. The van der Waals surface area contributed by atoms with Gasteiger partial charge in [0.15, 0.2) is 0 Å². The molecule has 0 amide bonds. The molecule has 0 radical (unpaired) electrons. The van der Waals surface area contributed by atoms with Crippen LogP contribution >= 0.6 is 11.6 Å². The number of benzene rings is 1.